The Kier molecular flexibility index (Phi) is 3.75. The Morgan fingerprint density at radius 1 is 1.27 bits per heavy atom. The van der Waals surface area contributed by atoms with Gasteiger partial charge in [-0.05, 0) is 12.1 Å². The first kappa shape index (κ1) is 11.6. The molecular formula is C8H10N2O4S. The van der Waals surface area contributed by atoms with Crippen LogP contribution in [0.4, 0.5) is 0 Å². The number of nitrogens with zero attached hydrogens (tertiary/aromatic N) is 2. The van der Waals surface area contributed by atoms with E-state index in [1.54, 1.807) is 6.07 Å². The number of sulfonamides is 1. The minimum Gasteiger partial charge on any atom is -0.394 e. The van der Waals surface area contributed by atoms with E-state index in [0.717, 1.165) is 0 Å². The number of nitroso groups, excluding NO2 is 1. The average molecular weight is 230 g/mol. The third-order valence-corrected chi connectivity index (χ3v) is 3.37. The SMILES string of the molecule is O=NN(CCO)S(=O)(=O)c1ccccc1. The molecule has 0 aromatic heterocycles. The topological polar surface area (TPSA) is 87.0 Å². The summed E-state index contributed by atoms with van der Waals surface area (Å²) in [6.45, 7) is -0.807. The fraction of sp³-hybridized carbons (Fsp3) is 0.250. The molecule has 7 heteroatoms. The Morgan fingerprint density at radius 3 is 2.33 bits per heavy atom. The van der Waals surface area contributed by atoms with Crippen molar-refractivity contribution in [3.8, 4) is 0 Å². The second-order valence-corrected chi connectivity index (χ2v) is 4.51. The maximum Gasteiger partial charge on any atom is 0.281 e. The molecule has 0 bridgehead atoms. The van der Waals surface area contributed by atoms with E-state index in [4.69, 9.17) is 5.11 Å². The van der Waals surface area contributed by atoms with Crippen LogP contribution in [0.5, 0.6) is 0 Å². The van der Waals surface area contributed by atoms with Crippen LogP contribution in [0.1, 0.15) is 0 Å². The van der Waals surface area contributed by atoms with Gasteiger partial charge < -0.3 is 5.11 Å². The molecule has 0 heterocycles. The molecule has 0 unspecified atom stereocenters. The average Bonchev–Trinajstić information content (AvgIpc) is 2.27. The van der Waals surface area contributed by atoms with Crippen molar-refractivity contribution in [2.75, 3.05) is 13.2 Å². The molecule has 0 fully saturated rings. The van der Waals surface area contributed by atoms with Gasteiger partial charge in [-0.15, -0.1) is 9.32 Å². The molecule has 15 heavy (non-hydrogen) atoms. The summed E-state index contributed by atoms with van der Waals surface area (Å²) in [6.07, 6.45) is 0. The fourth-order valence-corrected chi connectivity index (χ4v) is 2.16. The monoisotopic (exact) mass is 230 g/mol. The van der Waals surface area contributed by atoms with E-state index in [1.807, 2.05) is 0 Å². The van der Waals surface area contributed by atoms with Gasteiger partial charge in [0.1, 0.15) is 0 Å². The first-order valence-corrected chi connectivity index (χ1v) is 5.59. The zero-order chi connectivity index (χ0) is 11.3. The van der Waals surface area contributed by atoms with Crippen molar-refractivity contribution >= 4 is 10.0 Å². The summed E-state index contributed by atoms with van der Waals surface area (Å²) in [4.78, 5) is 10.3. The van der Waals surface area contributed by atoms with Gasteiger partial charge >= 0.3 is 0 Å². The van der Waals surface area contributed by atoms with Gasteiger partial charge in [0.05, 0.1) is 23.3 Å². The van der Waals surface area contributed by atoms with Gasteiger partial charge in [-0.25, -0.2) is 0 Å². The zero-order valence-corrected chi connectivity index (χ0v) is 8.59. The van der Waals surface area contributed by atoms with Crippen LogP contribution in [0.25, 0.3) is 0 Å². The van der Waals surface area contributed by atoms with Crippen LogP contribution in [0.15, 0.2) is 40.5 Å². The molecule has 0 aliphatic heterocycles. The molecule has 0 amide bonds. The predicted octanol–water partition coefficient (Wildman–Crippen LogP) is 0.351. The number of benzene rings is 1. The van der Waals surface area contributed by atoms with Crippen molar-refractivity contribution in [2.24, 2.45) is 5.29 Å². The standard InChI is InChI=1S/C8H10N2O4S/c11-7-6-10(9-12)15(13,14)8-4-2-1-3-5-8/h1-5,11H,6-7H2. The van der Waals surface area contributed by atoms with Gasteiger partial charge in [-0.2, -0.15) is 8.42 Å². The number of rotatable bonds is 5. The van der Waals surface area contributed by atoms with E-state index in [1.165, 1.54) is 24.3 Å². The zero-order valence-electron chi connectivity index (χ0n) is 7.78. The summed E-state index contributed by atoms with van der Waals surface area (Å²) in [5.41, 5.74) is 0. The summed E-state index contributed by atoms with van der Waals surface area (Å²) in [7, 11) is -3.92. The van der Waals surface area contributed by atoms with E-state index < -0.39 is 16.6 Å². The number of hydrogen-bond donors (Lipinski definition) is 1. The lowest BCUT2D eigenvalue weighted by molar-refractivity contribution is 0.256. The van der Waals surface area contributed by atoms with Crippen molar-refractivity contribution in [2.45, 2.75) is 4.90 Å². The van der Waals surface area contributed by atoms with Gasteiger partial charge in [0, 0.05) is 0 Å². The second kappa shape index (κ2) is 4.85. The Morgan fingerprint density at radius 2 is 1.87 bits per heavy atom. The van der Waals surface area contributed by atoms with Crippen LogP contribution in [0.3, 0.4) is 0 Å². The summed E-state index contributed by atoms with van der Waals surface area (Å²) >= 11 is 0. The third-order valence-electron chi connectivity index (χ3n) is 1.70. The van der Waals surface area contributed by atoms with E-state index in [2.05, 4.69) is 5.29 Å². The minimum absolute atomic E-state index is 0.0296. The van der Waals surface area contributed by atoms with E-state index in [9.17, 15) is 13.3 Å². The largest absolute Gasteiger partial charge is 0.394 e. The van der Waals surface area contributed by atoms with Crippen molar-refractivity contribution < 1.29 is 13.5 Å². The van der Waals surface area contributed by atoms with Crippen LogP contribution in [0.2, 0.25) is 0 Å². The lowest BCUT2D eigenvalue weighted by Gasteiger charge is -2.13. The van der Waals surface area contributed by atoms with Crippen molar-refractivity contribution in [1.29, 1.82) is 0 Å². The first-order chi connectivity index (χ1) is 7.12. The van der Waals surface area contributed by atoms with E-state index >= 15 is 0 Å². The van der Waals surface area contributed by atoms with Crippen LogP contribution < -0.4 is 0 Å². The highest BCUT2D eigenvalue weighted by Crippen LogP contribution is 2.14. The lowest BCUT2D eigenvalue weighted by Crippen LogP contribution is -2.28. The summed E-state index contributed by atoms with van der Waals surface area (Å²) < 4.78 is 23.7. The van der Waals surface area contributed by atoms with Crippen LogP contribution in [0, 0.1) is 4.91 Å². The van der Waals surface area contributed by atoms with Gasteiger partial charge in [0.2, 0.25) is 0 Å². The van der Waals surface area contributed by atoms with Crippen molar-refractivity contribution in [1.82, 2.24) is 4.41 Å². The Hall–Kier alpha value is -1.47. The number of aliphatic hydroxyl groups is 1. The Balaban J connectivity index is 3.06. The van der Waals surface area contributed by atoms with E-state index in [-0.39, 0.29) is 11.4 Å². The molecule has 0 spiro atoms. The molecule has 1 rings (SSSR count). The van der Waals surface area contributed by atoms with Crippen molar-refractivity contribution in [3.63, 3.8) is 0 Å². The van der Waals surface area contributed by atoms with Gasteiger partial charge in [-0.1, -0.05) is 18.2 Å². The highest BCUT2D eigenvalue weighted by atomic mass is 32.2. The maximum absolute atomic E-state index is 11.7. The Bertz CT molecular complexity index is 418. The van der Waals surface area contributed by atoms with Gasteiger partial charge in [0.15, 0.2) is 0 Å². The molecule has 6 nitrogen and oxygen atoms in total. The first-order valence-electron chi connectivity index (χ1n) is 4.15. The normalized spacial score (nSPS) is 11.0. The molecule has 0 saturated carbocycles. The minimum atomic E-state index is -3.92. The van der Waals surface area contributed by atoms with Crippen LogP contribution >= 0.6 is 0 Å². The number of hydrogen-bond acceptors (Lipinski definition) is 5. The molecule has 0 aliphatic rings. The molecule has 0 saturated heterocycles. The summed E-state index contributed by atoms with van der Waals surface area (Å²) in [5.74, 6) is 0. The number of aliphatic hydroxyl groups excluding tert-OH is 1. The molecular weight excluding hydrogens is 220 g/mol. The molecule has 1 aromatic rings. The highest BCUT2D eigenvalue weighted by molar-refractivity contribution is 7.89. The van der Waals surface area contributed by atoms with Crippen LogP contribution in [-0.2, 0) is 10.0 Å². The summed E-state index contributed by atoms with van der Waals surface area (Å²) in [6, 6.07) is 7.43. The molecule has 1 N–H and O–H groups in total. The Labute approximate surface area is 87.1 Å². The third kappa shape index (κ3) is 2.51. The summed E-state index contributed by atoms with van der Waals surface area (Å²) in [5, 5.41) is 10.9. The fourth-order valence-electron chi connectivity index (χ4n) is 1.00. The molecule has 0 atom stereocenters. The van der Waals surface area contributed by atoms with Crippen molar-refractivity contribution in [3.05, 3.63) is 35.2 Å². The maximum atomic E-state index is 11.7. The predicted molar refractivity (Wildman–Crippen MR) is 53.2 cm³/mol. The molecule has 0 radical (unpaired) electrons. The molecule has 82 valence electrons. The smallest absolute Gasteiger partial charge is 0.281 e. The lowest BCUT2D eigenvalue weighted by atomic mass is 10.4. The van der Waals surface area contributed by atoms with E-state index in [0.29, 0.717) is 4.41 Å². The second-order valence-electron chi connectivity index (χ2n) is 2.67. The highest BCUT2D eigenvalue weighted by Gasteiger charge is 2.23. The van der Waals surface area contributed by atoms with Gasteiger partial charge in [0.25, 0.3) is 10.0 Å². The molecule has 1 aromatic carbocycles. The van der Waals surface area contributed by atoms with Crippen LogP contribution in [-0.4, -0.2) is 31.1 Å². The quantitative estimate of drug-likeness (QED) is 0.584. The van der Waals surface area contributed by atoms with Gasteiger partial charge in [-0.3, -0.25) is 0 Å². The molecule has 0 aliphatic carbocycles.